The van der Waals surface area contributed by atoms with Crippen LogP contribution in [0.2, 0.25) is 5.02 Å². The lowest BCUT2D eigenvalue weighted by Gasteiger charge is -2.36. The molecule has 2 rings (SSSR count). The third-order valence-corrected chi connectivity index (χ3v) is 3.98. The number of likely N-dealkylation sites (tertiary alicyclic amines) is 1. The second kappa shape index (κ2) is 7.54. The van der Waals surface area contributed by atoms with Crippen molar-refractivity contribution in [1.29, 1.82) is 0 Å². The molecule has 0 saturated carbocycles. The third kappa shape index (κ3) is 4.49. The molecule has 6 nitrogen and oxygen atoms in total. The van der Waals surface area contributed by atoms with Crippen LogP contribution in [-0.2, 0) is 15.7 Å². The first-order chi connectivity index (χ1) is 11.2. The Bertz CT molecular complexity index is 600. The average Bonchev–Trinajstić information content (AvgIpc) is 2.50. The number of aliphatic hydroxyl groups is 1. The Morgan fingerprint density at radius 2 is 2.29 bits per heavy atom. The largest absolute Gasteiger partial charge is 0.417 e. The molecule has 10 heteroatoms. The highest BCUT2D eigenvalue weighted by molar-refractivity contribution is 6.33. The Morgan fingerprint density at radius 1 is 1.58 bits per heavy atom. The summed E-state index contributed by atoms with van der Waals surface area (Å²) in [4.78, 5) is 16.9. The number of nitrogens with one attached hydrogen (secondary N) is 1. The Balaban J connectivity index is 2.01. The molecule has 2 atom stereocenters. The zero-order valence-electron chi connectivity index (χ0n) is 12.8. The van der Waals surface area contributed by atoms with Crippen LogP contribution in [0, 0.1) is 0 Å². The molecule has 1 saturated heterocycles. The van der Waals surface area contributed by atoms with Gasteiger partial charge < -0.3 is 20.1 Å². The summed E-state index contributed by atoms with van der Waals surface area (Å²) in [6.45, 7) is 0.407. The molecule has 2 N–H and O–H groups in total. The smallest absolute Gasteiger partial charge is 0.389 e. The molecular formula is C14H17ClF3N3O3. The highest BCUT2D eigenvalue weighted by Crippen LogP contribution is 2.32. The van der Waals surface area contributed by atoms with Crippen LogP contribution in [0.15, 0.2) is 12.3 Å². The monoisotopic (exact) mass is 367 g/mol. The van der Waals surface area contributed by atoms with Gasteiger partial charge in [0.15, 0.2) is 0 Å². The highest BCUT2D eigenvalue weighted by Gasteiger charge is 2.33. The fraction of sp³-hybridized carbons (Fsp3) is 0.571. The molecule has 0 spiro atoms. The lowest BCUT2D eigenvalue weighted by atomic mass is 10.0. The summed E-state index contributed by atoms with van der Waals surface area (Å²) in [5.41, 5.74) is -0.946. The van der Waals surface area contributed by atoms with Crippen molar-refractivity contribution >= 4 is 23.3 Å². The number of alkyl halides is 3. The molecule has 0 bridgehead atoms. The van der Waals surface area contributed by atoms with Gasteiger partial charge in [-0.1, -0.05) is 11.6 Å². The zero-order valence-corrected chi connectivity index (χ0v) is 13.6. The van der Waals surface area contributed by atoms with Gasteiger partial charge in [0.05, 0.1) is 22.7 Å². The predicted octanol–water partition coefficient (Wildman–Crippen LogP) is 1.77. The Morgan fingerprint density at radius 3 is 2.83 bits per heavy atom. The lowest BCUT2D eigenvalue weighted by molar-refractivity contribution is -0.138. The molecule has 1 fully saturated rings. The lowest BCUT2D eigenvalue weighted by Crippen LogP contribution is -2.52. The third-order valence-electron chi connectivity index (χ3n) is 3.69. The summed E-state index contributed by atoms with van der Waals surface area (Å²) in [5, 5.41) is 12.8. The topological polar surface area (TPSA) is 74.7 Å². The first-order valence-electron chi connectivity index (χ1n) is 7.16. The fourth-order valence-electron chi connectivity index (χ4n) is 2.42. The van der Waals surface area contributed by atoms with Crippen molar-refractivity contribution < 1.29 is 27.8 Å². The van der Waals surface area contributed by atoms with E-state index in [4.69, 9.17) is 16.3 Å². The van der Waals surface area contributed by atoms with E-state index in [0.717, 1.165) is 6.07 Å². The minimum Gasteiger partial charge on any atom is -0.389 e. The van der Waals surface area contributed by atoms with Gasteiger partial charge in [0.25, 0.3) is 0 Å². The van der Waals surface area contributed by atoms with Crippen molar-refractivity contribution in [2.24, 2.45) is 0 Å². The van der Waals surface area contributed by atoms with Crippen molar-refractivity contribution in [1.82, 2.24) is 9.88 Å². The number of hydrogen-bond acceptors (Lipinski definition) is 5. The molecule has 0 unspecified atom stereocenters. The van der Waals surface area contributed by atoms with Crippen molar-refractivity contribution in [3.8, 4) is 0 Å². The van der Waals surface area contributed by atoms with Gasteiger partial charge in [-0.15, -0.1) is 0 Å². The van der Waals surface area contributed by atoms with Crippen LogP contribution in [-0.4, -0.2) is 59.8 Å². The quantitative estimate of drug-likeness (QED) is 0.848. The number of piperidine rings is 1. The van der Waals surface area contributed by atoms with E-state index in [0.29, 0.717) is 19.2 Å². The maximum Gasteiger partial charge on any atom is 0.417 e. The number of nitrogens with zero attached hydrogens (tertiary/aromatic N) is 2. The minimum absolute atomic E-state index is 0.0605. The molecule has 1 amide bonds. The fourth-order valence-corrected chi connectivity index (χ4v) is 2.64. The number of β-amino-alcohol motifs (C(OH)–C–C–N with tert-alkyl or cyclic N) is 1. The highest BCUT2D eigenvalue weighted by atomic mass is 35.5. The molecule has 1 aromatic heterocycles. The van der Waals surface area contributed by atoms with Gasteiger partial charge in [0, 0.05) is 26.4 Å². The Labute approximate surface area is 141 Å². The number of aliphatic hydroxyl groups excluding tert-OH is 1. The van der Waals surface area contributed by atoms with Crippen LogP contribution in [0.1, 0.15) is 12.0 Å². The number of halogens is 4. The Hall–Kier alpha value is -1.58. The van der Waals surface area contributed by atoms with Gasteiger partial charge >= 0.3 is 6.18 Å². The zero-order chi connectivity index (χ0) is 17.9. The number of anilines is 1. The number of amides is 1. The molecular weight excluding hydrogens is 351 g/mol. The van der Waals surface area contributed by atoms with Crippen LogP contribution in [0.4, 0.5) is 19.0 Å². The van der Waals surface area contributed by atoms with Gasteiger partial charge in [0.2, 0.25) is 5.91 Å². The van der Waals surface area contributed by atoms with E-state index < -0.39 is 23.9 Å². The maximum atomic E-state index is 12.6. The summed E-state index contributed by atoms with van der Waals surface area (Å²) in [5.74, 6) is -0.175. The summed E-state index contributed by atoms with van der Waals surface area (Å²) < 4.78 is 42.5. The number of pyridine rings is 1. The molecule has 134 valence electrons. The second-order valence-corrected chi connectivity index (χ2v) is 5.84. The molecule has 0 aromatic carbocycles. The van der Waals surface area contributed by atoms with Gasteiger partial charge in [-0.3, -0.25) is 4.79 Å². The number of methoxy groups -OCH3 is 1. The summed E-state index contributed by atoms with van der Waals surface area (Å²) in [7, 11) is 1.40. The number of carbonyl (C=O) groups is 1. The molecule has 24 heavy (non-hydrogen) atoms. The van der Waals surface area contributed by atoms with Crippen LogP contribution >= 0.6 is 11.6 Å². The first kappa shape index (κ1) is 18.8. The molecule has 0 radical (unpaired) electrons. The molecule has 1 aliphatic rings. The van der Waals surface area contributed by atoms with Gasteiger partial charge in [-0.25, -0.2) is 4.98 Å². The van der Waals surface area contributed by atoms with Gasteiger partial charge in [0.1, 0.15) is 12.4 Å². The van der Waals surface area contributed by atoms with Crippen molar-refractivity contribution in [2.45, 2.75) is 24.7 Å². The van der Waals surface area contributed by atoms with Gasteiger partial charge in [-0.2, -0.15) is 13.2 Å². The van der Waals surface area contributed by atoms with E-state index in [1.54, 1.807) is 0 Å². The standard InChI is InChI=1S/C14H17ClF3N3O3/c1-24-7-12(23)21-3-2-10(11(22)6-21)20-13-9(15)4-8(5-19-13)14(16,17)18/h4-5,10-11,22H,2-3,6-7H2,1H3,(H,19,20)/t10-,11-/m1/s1. The van der Waals surface area contributed by atoms with Gasteiger partial charge in [-0.05, 0) is 12.5 Å². The predicted molar refractivity (Wildman–Crippen MR) is 80.7 cm³/mol. The SMILES string of the molecule is COCC(=O)N1CC[C@@H](Nc2ncc(C(F)(F)F)cc2Cl)[C@H](O)C1. The van der Waals surface area contributed by atoms with Crippen molar-refractivity contribution in [2.75, 3.05) is 32.1 Å². The van der Waals surface area contributed by atoms with Crippen molar-refractivity contribution in [3.63, 3.8) is 0 Å². The maximum absolute atomic E-state index is 12.6. The summed E-state index contributed by atoms with van der Waals surface area (Å²) >= 11 is 5.84. The van der Waals surface area contributed by atoms with E-state index in [1.165, 1.54) is 12.0 Å². The van der Waals surface area contributed by atoms with E-state index in [2.05, 4.69) is 10.3 Å². The first-order valence-corrected chi connectivity index (χ1v) is 7.54. The number of ether oxygens (including phenoxy) is 1. The average molecular weight is 368 g/mol. The molecule has 2 heterocycles. The molecule has 1 aliphatic heterocycles. The van der Waals surface area contributed by atoms with Crippen LogP contribution in [0.25, 0.3) is 0 Å². The Kier molecular flexibility index (Phi) is 5.89. The summed E-state index contributed by atoms with van der Waals surface area (Å²) in [6, 6.07) is 0.305. The van der Waals surface area contributed by atoms with E-state index in [-0.39, 0.29) is 29.9 Å². The number of rotatable bonds is 4. The van der Waals surface area contributed by atoms with E-state index >= 15 is 0 Å². The van der Waals surface area contributed by atoms with Crippen LogP contribution < -0.4 is 5.32 Å². The number of carbonyl (C=O) groups excluding carboxylic acids is 1. The summed E-state index contributed by atoms with van der Waals surface area (Å²) in [6.07, 6.45) is -4.35. The normalized spacial score (nSPS) is 21.7. The second-order valence-electron chi connectivity index (χ2n) is 5.43. The van der Waals surface area contributed by atoms with Crippen LogP contribution in [0.3, 0.4) is 0 Å². The van der Waals surface area contributed by atoms with Crippen LogP contribution in [0.5, 0.6) is 0 Å². The number of hydrogen-bond donors (Lipinski definition) is 2. The van der Waals surface area contributed by atoms with E-state index in [9.17, 15) is 23.1 Å². The number of aromatic nitrogens is 1. The van der Waals surface area contributed by atoms with Crippen molar-refractivity contribution in [3.05, 3.63) is 22.8 Å². The van der Waals surface area contributed by atoms with E-state index in [1.807, 2.05) is 0 Å². The molecule has 0 aliphatic carbocycles. The minimum atomic E-state index is -4.53. The molecule has 1 aromatic rings.